The van der Waals surface area contributed by atoms with Crippen molar-refractivity contribution in [3.63, 3.8) is 0 Å². The molecule has 0 saturated carbocycles. The van der Waals surface area contributed by atoms with Gasteiger partial charge in [0.25, 0.3) is 0 Å². The van der Waals surface area contributed by atoms with Crippen molar-refractivity contribution in [2.75, 3.05) is 0 Å². The van der Waals surface area contributed by atoms with Crippen LogP contribution in [0, 0.1) is 17.1 Å². The number of hydrogen-bond donors (Lipinski definition) is 0. The zero-order valence-corrected chi connectivity index (χ0v) is 9.37. The van der Waals surface area contributed by atoms with Gasteiger partial charge in [0.15, 0.2) is 0 Å². The molecule has 2 nitrogen and oxygen atoms in total. The first-order chi connectivity index (χ1) is 8.91. The number of alkyl halides is 3. The summed E-state index contributed by atoms with van der Waals surface area (Å²) in [5, 5.41) is 8.66. The Kier molecular flexibility index (Phi) is 3.21. The molecule has 0 radical (unpaired) electrons. The van der Waals surface area contributed by atoms with Crippen molar-refractivity contribution in [2.24, 2.45) is 0 Å². The third kappa shape index (κ3) is 2.71. The highest BCUT2D eigenvalue weighted by atomic mass is 19.4. The highest BCUT2D eigenvalue weighted by Gasteiger charge is 2.33. The van der Waals surface area contributed by atoms with E-state index in [9.17, 15) is 17.6 Å². The van der Waals surface area contributed by atoms with Crippen LogP contribution in [-0.2, 0) is 6.18 Å². The maximum absolute atomic E-state index is 13.0. The van der Waals surface area contributed by atoms with Gasteiger partial charge in [-0.05, 0) is 23.8 Å². The van der Waals surface area contributed by atoms with Crippen molar-refractivity contribution in [2.45, 2.75) is 6.18 Å². The number of rotatable bonds is 1. The van der Waals surface area contributed by atoms with Gasteiger partial charge in [-0.2, -0.15) is 18.4 Å². The van der Waals surface area contributed by atoms with Crippen LogP contribution in [0.1, 0.15) is 11.1 Å². The van der Waals surface area contributed by atoms with E-state index in [1.54, 1.807) is 0 Å². The number of benzene rings is 1. The summed E-state index contributed by atoms with van der Waals surface area (Å²) in [5.74, 6) is -0.643. The molecule has 0 N–H and O–H groups in total. The second kappa shape index (κ2) is 4.69. The van der Waals surface area contributed by atoms with Crippen molar-refractivity contribution < 1.29 is 17.6 Å². The zero-order chi connectivity index (χ0) is 14.0. The normalized spacial score (nSPS) is 11.1. The summed E-state index contributed by atoms with van der Waals surface area (Å²) >= 11 is 0. The second-order valence-corrected chi connectivity index (χ2v) is 3.76. The molecule has 0 spiro atoms. The molecular weight excluding hydrogens is 260 g/mol. The van der Waals surface area contributed by atoms with E-state index in [0.29, 0.717) is 0 Å². The average molecular weight is 266 g/mol. The molecule has 0 amide bonds. The van der Waals surface area contributed by atoms with Crippen molar-refractivity contribution in [3.05, 3.63) is 53.6 Å². The molecule has 0 bridgehead atoms. The van der Waals surface area contributed by atoms with Crippen LogP contribution in [0.2, 0.25) is 0 Å². The van der Waals surface area contributed by atoms with Gasteiger partial charge in [-0.1, -0.05) is 6.07 Å². The minimum atomic E-state index is -4.64. The van der Waals surface area contributed by atoms with Gasteiger partial charge in [0.1, 0.15) is 5.82 Å². The van der Waals surface area contributed by atoms with Crippen LogP contribution in [-0.4, -0.2) is 4.98 Å². The largest absolute Gasteiger partial charge is 0.417 e. The third-order valence-corrected chi connectivity index (χ3v) is 2.48. The topological polar surface area (TPSA) is 36.7 Å². The van der Waals surface area contributed by atoms with Gasteiger partial charge in [-0.3, -0.25) is 4.98 Å². The molecule has 19 heavy (non-hydrogen) atoms. The van der Waals surface area contributed by atoms with E-state index in [0.717, 1.165) is 24.4 Å². The van der Waals surface area contributed by atoms with Gasteiger partial charge in [0.2, 0.25) is 0 Å². The Morgan fingerprint density at radius 3 is 2.37 bits per heavy atom. The number of aromatic nitrogens is 1. The van der Waals surface area contributed by atoms with E-state index in [2.05, 4.69) is 4.98 Å². The lowest BCUT2D eigenvalue weighted by atomic mass is 10.0. The fourth-order valence-electron chi connectivity index (χ4n) is 1.63. The first kappa shape index (κ1) is 13.0. The van der Waals surface area contributed by atoms with E-state index >= 15 is 0 Å². The van der Waals surface area contributed by atoms with Crippen LogP contribution >= 0.6 is 0 Å². The number of hydrogen-bond acceptors (Lipinski definition) is 2. The van der Waals surface area contributed by atoms with Crippen LogP contribution in [0.5, 0.6) is 0 Å². The highest BCUT2D eigenvalue weighted by Crippen LogP contribution is 2.34. The van der Waals surface area contributed by atoms with Gasteiger partial charge >= 0.3 is 6.18 Å². The molecule has 0 unspecified atom stereocenters. The molecule has 1 aromatic carbocycles. The van der Waals surface area contributed by atoms with Crippen LogP contribution in [0.3, 0.4) is 0 Å². The summed E-state index contributed by atoms with van der Waals surface area (Å²) in [6, 6.07) is 5.76. The molecule has 6 heteroatoms. The molecule has 0 aliphatic carbocycles. The zero-order valence-electron chi connectivity index (χ0n) is 9.37. The summed E-state index contributed by atoms with van der Waals surface area (Å²) in [6.07, 6.45) is -2.43. The Labute approximate surface area is 105 Å². The van der Waals surface area contributed by atoms with Crippen molar-refractivity contribution in [1.82, 2.24) is 4.98 Å². The Morgan fingerprint density at radius 1 is 1.05 bits per heavy atom. The molecule has 0 atom stereocenters. The van der Waals surface area contributed by atoms with Crippen LogP contribution in [0.4, 0.5) is 17.6 Å². The minimum Gasteiger partial charge on any atom is -0.261 e. The summed E-state index contributed by atoms with van der Waals surface area (Å²) in [5.41, 5.74) is -1.15. The molecule has 96 valence electrons. The van der Waals surface area contributed by atoms with E-state index < -0.39 is 23.1 Å². The van der Waals surface area contributed by atoms with Gasteiger partial charge in [-0.15, -0.1) is 0 Å². The van der Waals surface area contributed by atoms with Gasteiger partial charge in [-0.25, -0.2) is 4.39 Å². The maximum Gasteiger partial charge on any atom is 0.417 e. The van der Waals surface area contributed by atoms with Gasteiger partial charge in [0.05, 0.1) is 23.4 Å². The summed E-state index contributed by atoms with van der Waals surface area (Å²) < 4.78 is 51.3. The fraction of sp³-hybridized carbons (Fsp3) is 0.0769. The molecule has 1 heterocycles. The van der Waals surface area contributed by atoms with Crippen LogP contribution in [0.15, 0.2) is 36.7 Å². The molecular formula is C13H6F4N2. The first-order valence-electron chi connectivity index (χ1n) is 5.14. The lowest BCUT2D eigenvalue weighted by Gasteiger charge is -2.10. The number of pyridine rings is 1. The Bertz CT molecular complexity index is 656. The fourth-order valence-corrected chi connectivity index (χ4v) is 1.63. The summed E-state index contributed by atoms with van der Waals surface area (Å²) in [4.78, 5) is 3.57. The molecule has 2 rings (SSSR count). The van der Waals surface area contributed by atoms with E-state index in [4.69, 9.17) is 5.26 Å². The second-order valence-electron chi connectivity index (χ2n) is 3.76. The highest BCUT2D eigenvalue weighted by molar-refractivity contribution is 5.65. The first-order valence-corrected chi connectivity index (χ1v) is 5.14. The Morgan fingerprint density at radius 2 is 1.79 bits per heavy atom. The third-order valence-electron chi connectivity index (χ3n) is 2.48. The van der Waals surface area contributed by atoms with Crippen molar-refractivity contribution in [3.8, 4) is 17.2 Å². The maximum atomic E-state index is 13.0. The molecule has 0 fully saturated rings. The molecule has 0 aliphatic heterocycles. The number of nitriles is 1. The van der Waals surface area contributed by atoms with E-state index in [-0.39, 0.29) is 11.1 Å². The van der Waals surface area contributed by atoms with E-state index in [1.807, 2.05) is 0 Å². The van der Waals surface area contributed by atoms with Crippen LogP contribution in [0.25, 0.3) is 11.1 Å². The molecule has 0 aliphatic rings. The molecule has 0 saturated heterocycles. The molecule has 2 aromatic rings. The van der Waals surface area contributed by atoms with Gasteiger partial charge in [0, 0.05) is 11.8 Å². The monoisotopic (exact) mass is 266 g/mol. The number of nitrogens with zero attached hydrogens (tertiary/aromatic N) is 2. The van der Waals surface area contributed by atoms with Gasteiger partial charge < -0.3 is 0 Å². The number of halogens is 4. The predicted octanol–water partition coefficient (Wildman–Crippen LogP) is 3.78. The Hall–Kier alpha value is -2.42. The van der Waals surface area contributed by atoms with Crippen LogP contribution < -0.4 is 0 Å². The average Bonchev–Trinajstić information content (AvgIpc) is 2.37. The minimum absolute atomic E-state index is 0.151. The van der Waals surface area contributed by atoms with Crippen molar-refractivity contribution in [1.29, 1.82) is 5.26 Å². The SMILES string of the molecule is N#Cc1ccc(-c2cncc(F)c2)cc1C(F)(F)F. The lowest BCUT2D eigenvalue weighted by Crippen LogP contribution is -2.08. The van der Waals surface area contributed by atoms with E-state index in [1.165, 1.54) is 18.3 Å². The Balaban J connectivity index is 2.59. The predicted molar refractivity (Wildman–Crippen MR) is 59.3 cm³/mol. The quantitative estimate of drug-likeness (QED) is 0.736. The molecule has 1 aromatic heterocycles. The summed E-state index contributed by atoms with van der Waals surface area (Å²) in [7, 11) is 0. The standard InChI is InChI=1S/C13H6F4N2/c14-11-3-10(6-19-7-11)8-1-2-9(5-18)12(4-8)13(15,16)17/h1-4,6-7H. The smallest absolute Gasteiger partial charge is 0.261 e. The summed E-state index contributed by atoms with van der Waals surface area (Å²) in [6.45, 7) is 0. The lowest BCUT2D eigenvalue weighted by molar-refractivity contribution is -0.137. The van der Waals surface area contributed by atoms with Crippen molar-refractivity contribution >= 4 is 0 Å².